The van der Waals surface area contributed by atoms with Gasteiger partial charge in [0.1, 0.15) is 11.6 Å². The topological polar surface area (TPSA) is 131 Å². The van der Waals surface area contributed by atoms with Crippen LogP contribution < -0.4 is 15.0 Å². The van der Waals surface area contributed by atoms with E-state index >= 15 is 0 Å². The summed E-state index contributed by atoms with van der Waals surface area (Å²) in [4.78, 5) is 27.8. The first kappa shape index (κ1) is 30.5. The lowest BCUT2D eigenvalue weighted by atomic mass is 9.92. The van der Waals surface area contributed by atoms with E-state index in [-0.39, 0.29) is 11.5 Å². The lowest BCUT2D eigenvalue weighted by Crippen LogP contribution is -2.36. The van der Waals surface area contributed by atoms with Gasteiger partial charge in [0.05, 0.1) is 19.3 Å². The molecule has 1 aliphatic carbocycles. The van der Waals surface area contributed by atoms with Gasteiger partial charge in [-0.1, -0.05) is 36.4 Å². The summed E-state index contributed by atoms with van der Waals surface area (Å²) in [6.07, 6.45) is 5.90. The normalized spacial score (nSPS) is 16.9. The molecule has 2 N–H and O–H groups in total. The van der Waals surface area contributed by atoms with E-state index in [9.17, 15) is 18.0 Å². The summed E-state index contributed by atoms with van der Waals surface area (Å²) in [6, 6.07) is 18.9. The Bertz CT molecular complexity index is 1870. The van der Waals surface area contributed by atoms with Gasteiger partial charge in [0.25, 0.3) is 16.0 Å². The molecule has 0 radical (unpaired) electrons. The third kappa shape index (κ3) is 6.94. The second-order valence-corrected chi connectivity index (χ2v) is 13.3. The summed E-state index contributed by atoms with van der Waals surface area (Å²) in [6.45, 7) is 5.73. The van der Waals surface area contributed by atoms with E-state index in [2.05, 4.69) is 29.5 Å². The Hall–Kier alpha value is -4.48. The number of carbonyl (C=O) groups excluding carboxylic acids is 2. The number of rotatable bonds is 11. The van der Waals surface area contributed by atoms with Crippen molar-refractivity contribution >= 4 is 27.6 Å². The molecule has 10 nitrogen and oxygen atoms in total. The van der Waals surface area contributed by atoms with Gasteiger partial charge in [-0.25, -0.2) is 0 Å². The van der Waals surface area contributed by atoms with Gasteiger partial charge in [-0.3, -0.25) is 18.8 Å². The maximum absolute atomic E-state index is 13.5. The van der Waals surface area contributed by atoms with Gasteiger partial charge in [0, 0.05) is 36.0 Å². The fourth-order valence-electron chi connectivity index (χ4n) is 6.07. The number of hydrogen-bond acceptors (Lipinski definition) is 6. The molecule has 1 saturated carbocycles. The molecule has 2 atom stereocenters. The second kappa shape index (κ2) is 12.5. The SMILES string of the molecule is Cc1cccc(OCCCC(=O)N2C[C@@H]3C[C@@H]3c3c(-c4cnn(Cc5cccc(C(=O)NCS(=O)(=O)O)c5)c4)cccc32)c1C. The Kier molecular flexibility index (Phi) is 8.48. The van der Waals surface area contributed by atoms with Gasteiger partial charge in [0.2, 0.25) is 5.91 Å². The zero-order chi connectivity index (χ0) is 31.7. The first-order valence-electron chi connectivity index (χ1n) is 15.0. The maximum atomic E-state index is 13.5. The van der Waals surface area contributed by atoms with E-state index in [0.29, 0.717) is 37.8 Å². The van der Waals surface area contributed by atoms with Crippen molar-refractivity contribution in [1.29, 1.82) is 0 Å². The number of carbonyl (C=O) groups is 2. The van der Waals surface area contributed by atoms with Crippen LogP contribution in [0.25, 0.3) is 11.1 Å². The van der Waals surface area contributed by atoms with Crippen molar-refractivity contribution in [3.63, 3.8) is 0 Å². The molecule has 0 spiro atoms. The third-order valence-corrected chi connectivity index (χ3v) is 9.14. The highest BCUT2D eigenvalue weighted by molar-refractivity contribution is 7.85. The van der Waals surface area contributed by atoms with E-state index in [4.69, 9.17) is 9.29 Å². The zero-order valence-corrected chi connectivity index (χ0v) is 26.1. The number of benzene rings is 3. The molecule has 1 aromatic heterocycles. The molecule has 2 aliphatic rings. The van der Waals surface area contributed by atoms with E-state index in [1.54, 1.807) is 22.9 Å². The second-order valence-electron chi connectivity index (χ2n) is 11.9. The third-order valence-electron chi connectivity index (χ3n) is 8.63. The minimum absolute atomic E-state index is 0.111. The van der Waals surface area contributed by atoms with E-state index in [1.807, 2.05) is 54.5 Å². The monoisotopic (exact) mass is 628 g/mol. The minimum Gasteiger partial charge on any atom is -0.493 e. The van der Waals surface area contributed by atoms with Gasteiger partial charge in [-0.15, -0.1) is 0 Å². The van der Waals surface area contributed by atoms with Gasteiger partial charge in [0.15, 0.2) is 0 Å². The molecule has 3 aromatic carbocycles. The highest BCUT2D eigenvalue weighted by Crippen LogP contribution is 2.57. The number of fused-ring (bicyclic) bond motifs is 3. The molecule has 0 unspecified atom stereocenters. The maximum Gasteiger partial charge on any atom is 0.283 e. The summed E-state index contributed by atoms with van der Waals surface area (Å²) < 4.78 is 38.6. The molecule has 6 rings (SSSR count). The van der Waals surface area contributed by atoms with Crippen LogP contribution in [0.5, 0.6) is 5.75 Å². The van der Waals surface area contributed by atoms with Crippen molar-refractivity contribution in [2.45, 2.75) is 45.6 Å². The number of amides is 2. The van der Waals surface area contributed by atoms with Gasteiger partial charge in [-0.2, -0.15) is 13.5 Å². The van der Waals surface area contributed by atoms with Crippen molar-refractivity contribution in [3.8, 4) is 16.9 Å². The Morgan fingerprint density at radius 1 is 1.09 bits per heavy atom. The van der Waals surface area contributed by atoms with Crippen LogP contribution in [0, 0.1) is 19.8 Å². The lowest BCUT2D eigenvalue weighted by molar-refractivity contribution is -0.119. The minimum atomic E-state index is -4.32. The van der Waals surface area contributed by atoms with E-state index in [1.165, 1.54) is 11.1 Å². The smallest absolute Gasteiger partial charge is 0.283 e. The lowest BCUT2D eigenvalue weighted by Gasteiger charge is -2.30. The molecule has 4 aromatic rings. The number of nitrogens with one attached hydrogen (secondary N) is 1. The molecule has 45 heavy (non-hydrogen) atoms. The Morgan fingerprint density at radius 3 is 2.71 bits per heavy atom. The molecular weight excluding hydrogens is 592 g/mol. The van der Waals surface area contributed by atoms with Crippen molar-refractivity contribution in [2.75, 3.05) is 23.9 Å². The highest BCUT2D eigenvalue weighted by atomic mass is 32.2. The van der Waals surface area contributed by atoms with E-state index in [0.717, 1.165) is 46.7 Å². The fourth-order valence-corrected chi connectivity index (χ4v) is 6.38. The number of aromatic nitrogens is 2. The first-order chi connectivity index (χ1) is 21.6. The molecule has 1 fully saturated rings. The van der Waals surface area contributed by atoms with Crippen LogP contribution in [0.15, 0.2) is 73.1 Å². The van der Waals surface area contributed by atoms with Crippen LogP contribution >= 0.6 is 0 Å². The highest BCUT2D eigenvalue weighted by Gasteiger charge is 2.47. The molecule has 1 aliphatic heterocycles. The zero-order valence-electron chi connectivity index (χ0n) is 25.3. The van der Waals surface area contributed by atoms with Crippen molar-refractivity contribution in [1.82, 2.24) is 15.1 Å². The molecule has 234 valence electrons. The largest absolute Gasteiger partial charge is 0.493 e. The number of aryl methyl sites for hydroxylation is 1. The molecule has 2 heterocycles. The summed E-state index contributed by atoms with van der Waals surface area (Å²) >= 11 is 0. The quantitative estimate of drug-likeness (QED) is 0.175. The van der Waals surface area contributed by atoms with Crippen LogP contribution in [0.1, 0.15) is 57.8 Å². The predicted molar refractivity (Wildman–Crippen MR) is 171 cm³/mol. The number of anilines is 1. The van der Waals surface area contributed by atoms with Crippen molar-refractivity contribution in [3.05, 3.63) is 101 Å². The Balaban J connectivity index is 1.13. The Labute approximate surface area is 262 Å². The predicted octanol–water partition coefficient (Wildman–Crippen LogP) is 5.10. The van der Waals surface area contributed by atoms with Crippen LogP contribution in [0.2, 0.25) is 0 Å². The molecule has 11 heteroatoms. The van der Waals surface area contributed by atoms with Crippen LogP contribution in [0.3, 0.4) is 0 Å². The van der Waals surface area contributed by atoms with Crippen LogP contribution in [0.4, 0.5) is 5.69 Å². The van der Waals surface area contributed by atoms with Crippen LogP contribution in [-0.4, -0.2) is 53.6 Å². The van der Waals surface area contributed by atoms with Crippen molar-refractivity contribution < 1.29 is 27.3 Å². The molecule has 2 amide bonds. The summed E-state index contributed by atoms with van der Waals surface area (Å²) in [7, 11) is -4.32. The van der Waals surface area contributed by atoms with Gasteiger partial charge >= 0.3 is 0 Å². The summed E-state index contributed by atoms with van der Waals surface area (Å²) in [5.41, 5.74) is 7.59. The fraction of sp³-hybridized carbons (Fsp3) is 0.324. The Morgan fingerprint density at radius 2 is 1.89 bits per heavy atom. The number of hydrogen-bond donors (Lipinski definition) is 2. The average molecular weight is 629 g/mol. The standard InChI is InChI=1S/C34H36N4O6S/c1-22-7-3-12-31(23(22)2)44-14-6-13-32(39)38-20-26-16-29(26)33-28(10-5-11-30(33)38)27-17-36-37(19-27)18-24-8-4-9-25(15-24)34(40)35-21-45(41,42)43/h3-5,7-12,15,17,19,26,29H,6,13-14,16,18,20-21H2,1-2H3,(H,35,40)(H,41,42,43)/t26-,29-/m0/s1. The van der Waals surface area contributed by atoms with Crippen LogP contribution in [-0.2, 0) is 21.5 Å². The van der Waals surface area contributed by atoms with E-state index < -0.39 is 21.9 Å². The van der Waals surface area contributed by atoms with Gasteiger partial charge in [-0.05, 0) is 90.6 Å². The van der Waals surface area contributed by atoms with Crippen molar-refractivity contribution in [2.24, 2.45) is 5.92 Å². The molecular formula is C34H36N4O6S. The summed E-state index contributed by atoms with van der Waals surface area (Å²) in [5.74, 6) is 0.406. The molecule has 0 bridgehead atoms. The summed E-state index contributed by atoms with van der Waals surface area (Å²) in [5, 5.41) is 6.76. The number of ether oxygens (including phenoxy) is 1. The van der Waals surface area contributed by atoms with Gasteiger partial charge < -0.3 is 15.0 Å². The average Bonchev–Trinajstić information content (AvgIpc) is 3.67. The number of nitrogens with zero attached hydrogens (tertiary/aromatic N) is 3. The first-order valence-corrected chi connectivity index (χ1v) is 16.7. The molecule has 0 saturated heterocycles.